The second kappa shape index (κ2) is 5.02. The molecule has 0 aliphatic carbocycles. The summed E-state index contributed by atoms with van der Waals surface area (Å²) in [6.07, 6.45) is 1.35. The number of hydrogen-bond acceptors (Lipinski definition) is 6. The van der Waals surface area contributed by atoms with Gasteiger partial charge in [-0.3, -0.25) is 9.40 Å². The van der Waals surface area contributed by atoms with Crippen LogP contribution in [0.5, 0.6) is 0 Å². The van der Waals surface area contributed by atoms with Crippen molar-refractivity contribution in [1.82, 2.24) is 20.0 Å². The van der Waals surface area contributed by atoms with E-state index in [1.165, 1.54) is 23.0 Å². The Morgan fingerprint density at radius 2 is 2.16 bits per heavy atom. The maximum atomic E-state index is 12.1. The second-order valence-corrected chi connectivity index (χ2v) is 5.62. The first kappa shape index (κ1) is 13.6. The Morgan fingerprint density at radius 1 is 1.42 bits per heavy atom. The predicted octanol–water partition coefficient (Wildman–Crippen LogP) is 0.729. The zero-order valence-electron chi connectivity index (χ0n) is 9.91. The number of halogens is 1. The number of hydrogen-bond donors (Lipinski definition) is 2. The van der Waals surface area contributed by atoms with Crippen molar-refractivity contribution in [3.8, 4) is 0 Å². The van der Waals surface area contributed by atoms with Gasteiger partial charge in [0.15, 0.2) is 16.8 Å². The zero-order chi connectivity index (χ0) is 14.0. The largest absolute Gasteiger partial charge is 0.381 e. The van der Waals surface area contributed by atoms with Crippen LogP contribution in [0.25, 0.3) is 0 Å². The third-order valence-electron chi connectivity index (χ3n) is 2.24. The molecule has 0 saturated heterocycles. The van der Waals surface area contributed by atoms with E-state index in [1.807, 2.05) is 6.92 Å². The quantitative estimate of drug-likeness (QED) is 0.860. The monoisotopic (exact) mass is 302 g/mol. The van der Waals surface area contributed by atoms with Gasteiger partial charge in [-0.2, -0.15) is 5.10 Å². The van der Waals surface area contributed by atoms with Crippen LogP contribution in [0, 0.1) is 0 Å². The maximum Gasteiger partial charge on any atom is 0.268 e. The van der Waals surface area contributed by atoms with E-state index in [0.29, 0.717) is 6.54 Å². The number of aryl methyl sites for hydroxylation is 1. The summed E-state index contributed by atoms with van der Waals surface area (Å²) in [5, 5.41) is 11.2. The van der Waals surface area contributed by atoms with E-state index in [4.69, 9.17) is 17.3 Å². The molecule has 2 aromatic heterocycles. The van der Waals surface area contributed by atoms with E-state index in [1.54, 1.807) is 0 Å². The van der Waals surface area contributed by atoms with Crippen molar-refractivity contribution in [3.05, 3.63) is 23.5 Å². The van der Waals surface area contributed by atoms with Crippen molar-refractivity contribution >= 4 is 33.3 Å². The average Bonchev–Trinajstić information content (AvgIpc) is 2.74. The predicted molar refractivity (Wildman–Crippen MR) is 70.2 cm³/mol. The molecule has 102 valence electrons. The molecular weight excluding hydrogens is 292 g/mol. The zero-order valence-corrected chi connectivity index (χ0v) is 11.5. The third-order valence-corrected chi connectivity index (χ3v) is 3.81. The van der Waals surface area contributed by atoms with E-state index in [9.17, 15) is 8.42 Å². The summed E-state index contributed by atoms with van der Waals surface area (Å²) < 4.78 is 27.9. The van der Waals surface area contributed by atoms with Crippen molar-refractivity contribution in [2.24, 2.45) is 0 Å². The molecule has 0 bridgehead atoms. The van der Waals surface area contributed by atoms with E-state index < -0.39 is 10.0 Å². The van der Waals surface area contributed by atoms with Gasteiger partial charge in [0.25, 0.3) is 10.0 Å². The fourth-order valence-corrected chi connectivity index (χ4v) is 2.52. The molecule has 3 N–H and O–H groups in total. The molecule has 0 spiro atoms. The number of rotatable bonds is 4. The Morgan fingerprint density at radius 3 is 2.68 bits per heavy atom. The van der Waals surface area contributed by atoms with E-state index in [0.717, 1.165) is 0 Å². The summed E-state index contributed by atoms with van der Waals surface area (Å²) in [7, 11) is -3.85. The molecule has 2 rings (SSSR count). The van der Waals surface area contributed by atoms with Crippen molar-refractivity contribution < 1.29 is 8.42 Å². The standard InChI is InChI=1S/C9H11ClN6O2S/c1-2-16-5-6(9(11)14-16)19(17,18)15-8-4-3-7(10)12-13-8/h3-5H,2H2,1H3,(H2,11,14)(H,13,15). The summed E-state index contributed by atoms with van der Waals surface area (Å²) in [6, 6.07) is 2.82. The van der Waals surface area contributed by atoms with E-state index in [-0.39, 0.29) is 21.7 Å². The Kier molecular flexibility index (Phi) is 3.58. The Hall–Kier alpha value is -1.87. The molecule has 0 aliphatic heterocycles. The molecule has 0 saturated carbocycles. The smallest absolute Gasteiger partial charge is 0.268 e. The van der Waals surface area contributed by atoms with Crippen LogP contribution >= 0.6 is 11.6 Å². The average molecular weight is 303 g/mol. The number of nitrogens with one attached hydrogen (secondary N) is 1. The van der Waals surface area contributed by atoms with Gasteiger partial charge in [0.05, 0.1) is 0 Å². The molecule has 0 unspecified atom stereocenters. The maximum absolute atomic E-state index is 12.1. The summed E-state index contributed by atoms with van der Waals surface area (Å²) in [6.45, 7) is 2.33. The fraction of sp³-hybridized carbons (Fsp3) is 0.222. The fourth-order valence-electron chi connectivity index (χ4n) is 1.35. The van der Waals surface area contributed by atoms with Gasteiger partial charge in [0.1, 0.15) is 4.90 Å². The molecule has 10 heteroatoms. The molecule has 19 heavy (non-hydrogen) atoms. The number of aromatic nitrogens is 4. The van der Waals surface area contributed by atoms with Crippen molar-refractivity contribution in [2.45, 2.75) is 18.4 Å². The molecule has 0 radical (unpaired) electrons. The van der Waals surface area contributed by atoms with Crippen LogP contribution in [0.2, 0.25) is 5.15 Å². The highest BCUT2D eigenvalue weighted by Crippen LogP contribution is 2.19. The van der Waals surface area contributed by atoms with Gasteiger partial charge in [0, 0.05) is 12.7 Å². The molecule has 0 aromatic carbocycles. The van der Waals surface area contributed by atoms with Crippen LogP contribution in [0.1, 0.15) is 6.92 Å². The van der Waals surface area contributed by atoms with E-state index >= 15 is 0 Å². The molecule has 2 aromatic rings. The van der Waals surface area contributed by atoms with E-state index in [2.05, 4.69) is 20.0 Å². The van der Waals surface area contributed by atoms with Gasteiger partial charge >= 0.3 is 0 Å². The summed E-state index contributed by atoms with van der Waals surface area (Å²) in [5.74, 6) is -0.0238. The minimum atomic E-state index is -3.85. The molecule has 0 aliphatic rings. The van der Waals surface area contributed by atoms with Gasteiger partial charge in [-0.05, 0) is 19.1 Å². The number of nitrogens with two attached hydrogens (primary N) is 1. The first-order valence-electron chi connectivity index (χ1n) is 5.27. The summed E-state index contributed by atoms with van der Waals surface area (Å²) in [4.78, 5) is -0.105. The summed E-state index contributed by atoms with van der Waals surface area (Å²) >= 11 is 5.56. The molecule has 8 nitrogen and oxygen atoms in total. The first-order valence-corrected chi connectivity index (χ1v) is 7.13. The lowest BCUT2D eigenvalue weighted by atomic mass is 10.5. The highest BCUT2D eigenvalue weighted by atomic mass is 35.5. The number of sulfonamides is 1. The van der Waals surface area contributed by atoms with Gasteiger partial charge in [-0.15, -0.1) is 10.2 Å². The van der Waals surface area contributed by atoms with Crippen molar-refractivity contribution in [1.29, 1.82) is 0 Å². The van der Waals surface area contributed by atoms with Crippen LogP contribution < -0.4 is 10.5 Å². The highest BCUT2D eigenvalue weighted by molar-refractivity contribution is 7.92. The minimum absolute atomic E-state index is 0.0491. The lowest BCUT2D eigenvalue weighted by Gasteiger charge is -2.04. The van der Waals surface area contributed by atoms with Gasteiger partial charge in [-0.25, -0.2) is 8.42 Å². The highest BCUT2D eigenvalue weighted by Gasteiger charge is 2.21. The minimum Gasteiger partial charge on any atom is -0.381 e. The molecule has 0 amide bonds. The topological polar surface area (TPSA) is 116 Å². The first-order chi connectivity index (χ1) is 8.92. The Labute approximate surface area is 114 Å². The molecule has 2 heterocycles. The lowest BCUT2D eigenvalue weighted by Crippen LogP contribution is -2.15. The third kappa shape index (κ3) is 2.93. The Balaban J connectivity index is 2.31. The van der Waals surface area contributed by atoms with Crippen molar-refractivity contribution in [3.63, 3.8) is 0 Å². The molecule has 0 fully saturated rings. The number of nitrogen functional groups attached to an aromatic ring is 1. The van der Waals surface area contributed by atoms with Crippen LogP contribution in [-0.2, 0) is 16.6 Å². The lowest BCUT2D eigenvalue weighted by molar-refractivity contribution is 0.600. The van der Waals surface area contributed by atoms with Crippen LogP contribution in [-0.4, -0.2) is 28.4 Å². The van der Waals surface area contributed by atoms with Crippen molar-refractivity contribution in [2.75, 3.05) is 10.5 Å². The van der Waals surface area contributed by atoms with Gasteiger partial charge in [-0.1, -0.05) is 11.6 Å². The normalized spacial score (nSPS) is 11.5. The second-order valence-electron chi connectivity index (χ2n) is 3.58. The number of anilines is 2. The number of nitrogens with zero attached hydrogens (tertiary/aromatic N) is 4. The van der Waals surface area contributed by atoms with Gasteiger partial charge in [0.2, 0.25) is 0 Å². The van der Waals surface area contributed by atoms with Crippen LogP contribution in [0.3, 0.4) is 0 Å². The Bertz CT molecular complexity index is 681. The SMILES string of the molecule is CCn1cc(S(=O)(=O)Nc2ccc(Cl)nn2)c(N)n1. The molecule has 0 atom stereocenters. The van der Waals surface area contributed by atoms with Gasteiger partial charge < -0.3 is 5.73 Å². The van der Waals surface area contributed by atoms with Crippen LogP contribution in [0.4, 0.5) is 11.6 Å². The van der Waals surface area contributed by atoms with Crippen LogP contribution in [0.15, 0.2) is 23.2 Å². The molecular formula is C9H11ClN6O2S. The summed E-state index contributed by atoms with van der Waals surface area (Å²) in [5.41, 5.74) is 5.57.